The number of carbonyl (C=O) groups excluding carboxylic acids is 1. The first-order chi connectivity index (χ1) is 22.2. The van der Waals surface area contributed by atoms with E-state index in [1.165, 1.54) is 36.0 Å². The number of carbonyl (C=O) groups is 1. The molecular formula is C33H47N5O7SSi-. The average molecular weight is 686 g/mol. The molecule has 5 aliphatic rings. The number of benzene rings is 1. The molecular weight excluding hydrogens is 639 g/mol. The van der Waals surface area contributed by atoms with Gasteiger partial charge in [-0.3, -0.25) is 23.3 Å². The van der Waals surface area contributed by atoms with Crippen LogP contribution in [0.4, 0.5) is 11.5 Å². The van der Waals surface area contributed by atoms with Crippen molar-refractivity contribution in [3.63, 3.8) is 0 Å². The Morgan fingerprint density at radius 2 is 1.74 bits per heavy atom. The van der Waals surface area contributed by atoms with E-state index in [1.54, 1.807) is 4.57 Å². The highest BCUT2D eigenvalue weighted by molar-refractivity contribution is 7.85. The quantitative estimate of drug-likeness (QED) is 0.159. The van der Waals surface area contributed by atoms with Crippen LogP contribution in [0.5, 0.6) is 0 Å². The third kappa shape index (κ3) is 6.49. The number of anilines is 2. The lowest BCUT2D eigenvalue weighted by molar-refractivity contribution is 0.0951. The van der Waals surface area contributed by atoms with Crippen molar-refractivity contribution in [2.75, 3.05) is 30.1 Å². The number of amides is 1. The van der Waals surface area contributed by atoms with Gasteiger partial charge < -0.3 is 20.3 Å². The number of nitrogens with one attached hydrogen (secondary N) is 2. The fourth-order valence-corrected chi connectivity index (χ4v) is 9.73. The Kier molecular flexibility index (Phi) is 9.09. The molecule has 4 fully saturated rings. The van der Waals surface area contributed by atoms with Crippen molar-refractivity contribution in [2.45, 2.75) is 89.1 Å². The number of hydrogen-bond donors (Lipinski definition) is 3. The molecule has 2 unspecified atom stereocenters. The van der Waals surface area contributed by atoms with E-state index in [-0.39, 0.29) is 35.7 Å². The largest absolute Gasteiger partial charge is 0.364 e. The summed E-state index contributed by atoms with van der Waals surface area (Å²) in [6.07, 6.45) is 8.69. The molecule has 2 atom stereocenters. The maximum Gasteiger partial charge on any atom is 0.332 e. The van der Waals surface area contributed by atoms with Gasteiger partial charge in [-0.1, -0.05) is 6.92 Å². The number of fused-ring (bicyclic) bond motifs is 1. The summed E-state index contributed by atoms with van der Waals surface area (Å²) >= 11 is 0. The maximum absolute atomic E-state index is 14.4. The normalized spacial score (nSPS) is 24.7. The molecule has 14 heteroatoms. The van der Waals surface area contributed by atoms with E-state index in [4.69, 9.17) is 4.74 Å². The van der Waals surface area contributed by atoms with Gasteiger partial charge in [-0.25, -0.2) is 4.79 Å². The van der Waals surface area contributed by atoms with Crippen LogP contribution in [0.15, 0.2) is 50.6 Å². The lowest BCUT2D eigenvalue weighted by atomic mass is 9.72. The highest BCUT2D eigenvalue weighted by Gasteiger charge is 2.60. The Morgan fingerprint density at radius 3 is 2.36 bits per heavy atom. The maximum atomic E-state index is 14.4. The molecule has 12 nitrogen and oxygen atoms in total. The third-order valence-electron chi connectivity index (χ3n) is 10.5. The monoisotopic (exact) mass is 685 g/mol. The Morgan fingerprint density at radius 1 is 1.06 bits per heavy atom. The minimum atomic E-state index is -4.39. The summed E-state index contributed by atoms with van der Waals surface area (Å²) in [5, 5.41) is 6.14. The van der Waals surface area contributed by atoms with Crippen molar-refractivity contribution in [1.29, 1.82) is 0 Å². The summed E-state index contributed by atoms with van der Waals surface area (Å²) in [6, 6.07) is 5.87. The molecule has 257 valence electrons. The summed E-state index contributed by atoms with van der Waals surface area (Å²) in [4.78, 5) is 42.8. The molecule has 2 aromatic rings. The second-order valence-corrected chi connectivity index (χ2v) is 22.0. The Balaban J connectivity index is 1.31. The van der Waals surface area contributed by atoms with Gasteiger partial charge in [0.1, 0.15) is 12.5 Å². The highest BCUT2D eigenvalue weighted by atomic mass is 32.2. The highest BCUT2D eigenvalue weighted by Crippen LogP contribution is 2.69. The number of aromatic nitrogens is 2. The Hall–Kier alpha value is -3.20. The molecule has 7 rings (SSSR count). The van der Waals surface area contributed by atoms with Gasteiger partial charge in [0.2, 0.25) is 0 Å². The summed E-state index contributed by atoms with van der Waals surface area (Å²) in [7, 11) is -5.73. The van der Waals surface area contributed by atoms with Crippen molar-refractivity contribution >= 4 is 35.6 Å². The van der Waals surface area contributed by atoms with Crippen molar-refractivity contribution in [1.82, 2.24) is 14.5 Å². The van der Waals surface area contributed by atoms with Gasteiger partial charge in [-0.05, 0) is 80.5 Å². The van der Waals surface area contributed by atoms with Crippen LogP contribution in [0.3, 0.4) is 0 Å². The summed E-state index contributed by atoms with van der Waals surface area (Å²) in [6.45, 7) is 10.1. The van der Waals surface area contributed by atoms with E-state index in [2.05, 4.69) is 35.2 Å². The lowest BCUT2D eigenvalue weighted by Crippen LogP contribution is -2.49. The van der Waals surface area contributed by atoms with E-state index < -0.39 is 35.3 Å². The molecule has 1 aromatic heterocycles. The second-order valence-electron chi connectivity index (χ2n) is 15.0. The van der Waals surface area contributed by atoms with E-state index in [0.717, 1.165) is 36.7 Å². The van der Waals surface area contributed by atoms with Gasteiger partial charge >= 0.3 is 5.69 Å². The zero-order valence-corrected chi connectivity index (χ0v) is 29.6. The van der Waals surface area contributed by atoms with Gasteiger partial charge in [-0.2, -0.15) is 28.1 Å². The molecule has 0 radical (unpaired) electrons. The molecule has 3 N–H and O–H groups in total. The predicted molar refractivity (Wildman–Crippen MR) is 183 cm³/mol. The molecule has 1 amide bonds. The minimum Gasteiger partial charge on any atom is -0.364 e. The SMILES string of the molecule is CCCn1c2c(c(=O)n(CCNC(=O)c3ccc(S(=O)(=O)O)cc3)c1=O)N(COCC[Si-](C)(C)C)C(C13CC4CC(CC1C4)C3)=CN2. The van der Waals surface area contributed by atoms with E-state index in [0.29, 0.717) is 48.8 Å². The third-order valence-corrected chi connectivity index (χ3v) is 13.1. The van der Waals surface area contributed by atoms with Crippen LogP contribution in [0.1, 0.15) is 55.8 Å². The minimum absolute atomic E-state index is 0.00283. The number of ether oxygens (including phenoxy) is 1. The number of rotatable bonds is 13. The van der Waals surface area contributed by atoms with Crippen LogP contribution in [0, 0.1) is 23.2 Å². The molecule has 0 saturated heterocycles. The van der Waals surface area contributed by atoms with Crippen molar-refractivity contribution in [3.8, 4) is 0 Å². The fourth-order valence-electron chi connectivity index (χ4n) is 8.49. The summed E-state index contributed by atoms with van der Waals surface area (Å²) in [5.74, 6) is 1.98. The first-order valence-electron chi connectivity index (χ1n) is 16.8. The van der Waals surface area contributed by atoms with Crippen LogP contribution < -0.4 is 26.8 Å². The molecule has 0 spiro atoms. The molecule has 1 aromatic carbocycles. The van der Waals surface area contributed by atoms with Gasteiger partial charge in [0.15, 0.2) is 5.69 Å². The first kappa shape index (κ1) is 33.7. The summed E-state index contributed by atoms with van der Waals surface area (Å²) in [5.41, 5.74) is 0.799. The summed E-state index contributed by atoms with van der Waals surface area (Å²) < 4.78 is 41.1. The average Bonchev–Trinajstić information content (AvgIpc) is 3.41. The molecule has 1 aliphatic heterocycles. The van der Waals surface area contributed by atoms with Crippen LogP contribution in [-0.2, 0) is 27.9 Å². The van der Waals surface area contributed by atoms with Gasteiger partial charge in [-0.15, -0.1) is 14.1 Å². The molecule has 4 aliphatic carbocycles. The molecule has 47 heavy (non-hydrogen) atoms. The van der Waals surface area contributed by atoms with Gasteiger partial charge in [0, 0.05) is 49.1 Å². The van der Waals surface area contributed by atoms with Gasteiger partial charge in [0.25, 0.3) is 21.6 Å². The predicted octanol–water partition coefficient (Wildman–Crippen LogP) is 4.31. The topological polar surface area (TPSA) is 152 Å². The zero-order valence-electron chi connectivity index (χ0n) is 27.8. The Labute approximate surface area is 276 Å². The fraction of sp³-hybridized carbons (Fsp3) is 0.606. The van der Waals surface area contributed by atoms with Crippen LogP contribution in [0.25, 0.3) is 0 Å². The Bertz CT molecular complexity index is 1780. The first-order valence-corrected chi connectivity index (χ1v) is 21.9. The van der Waals surface area contributed by atoms with E-state index in [9.17, 15) is 27.4 Å². The van der Waals surface area contributed by atoms with Crippen LogP contribution >= 0.6 is 0 Å². The van der Waals surface area contributed by atoms with Crippen LogP contribution in [0.2, 0.25) is 25.7 Å². The van der Waals surface area contributed by atoms with Crippen LogP contribution in [-0.4, -0.2) is 56.0 Å². The van der Waals surface area contributed by atoms with Crippen molar-refractivity contribution in [3.05, 3.63) is 62.6 Å². The van der Waals surface area contributed by atoms with Gasteiger partial charge in [0.05, 0.1) is 4.90 Å². The van der Waals surface area contributed by atoms with Crippen molar-refractivity contribution in [2.24, 2.45) is 23.2 Å². The lowest BCUT2D eigenvalue weighted by Gasteiger charge is -2.44. The second kappa shape index (κ2) is 12.7. The van der Waals surface area contributed by atoms with E-state index >= 15 is 0 Å². The molecule has 4 bridgehead atoms. The number of allylic oxidation sites excluding steroid dienone is 1. The number of nitrogens with zero attached hydrogens (tertiary/aromatic N) is 3. The molecule has 4 saturated carbocycles. The zero-order chi connectivity index (χ0) is 33.7. The van der Waals surface area contributed by atoms with Crippen molar-refractivity contribution < 1.29 is 22.5 Å². The van der Waals surface area contributed by atoms with E-state index in [1.807, 2.05) is 13.1 Å². The smallest absolute Gasteiger partial charge is 0.332 e. The molecule has 2 heterocycles. The standard InChI is InChI=1S/C33H47N5O7SSi/c1-5-11-36-29-28(31(40)37(32(36)41)12-10-34-30(39)24-6-8-26(9-7-24)46(42,43)44)38(21-45-13-14-47(2,3)4)27(20-35-29)33-18-22-15-23(19-33)17-25(33)16-22/h6-9,20,22-23,25,35H,5,10-19,21H2,1-4H3,(H,34,39)(H,42,43,44)/q-1. The number of hydrogen-bond acceptors (Lipinski definition) is 8.